The number of Topliss-reactive ketones (excluding diaryl/α,β-unsaturated/α-hetero) is 1. The Morgan fingerprint density at radius 2 is 1.96 bits per heavy atom. The van der Waals surface area contributed by atoms with E-state index in [0.717, 1.165) is 6.42 Å². The maximum absolute atomic E-state index is 12.2. The minimum Gasteiger partial charge on any atom is -0.450 e. The van der Waals surface area contributed by atoms with Crippen LogP contribution >= 0.6 is 23.2 Å². The molecule has 1 N–H and O–H groups in total. The molecule has 1 saturated carbocycles. The van der Waals surface area contributed by atoms with Crippen LogP contribution in [0, 0.1) is 0 Å². The summed E-state index contributed by atoms with van der Waals surface area (Å²) >= 11 is 12.3. The van der Waals surface area contributed by atoms with Gasteiger partial charge in [-0.05, 0) is 30.5 Å². The standard InChI is InChI=1S/C16H16Cl2O5/c1-3-9(2)14(19)10-5-6-11(13(18)12(10)17)22-16(7-4-8-16)23-15(20)21/h5-6H,2-4,7-8H2,1H3,(H,20,21). The van der Waals surface area contributed by atoms with E-state index in [1.165, 1.54) is 12.1 Å². The van der Waals surface area contributed by atoms with Gasteiger partial charge in [-0.1, -0.05) is 36.7 Å². The summed E-state index contributed by atoms with van der Waals surface area (Å²) in [4.78, 5) is 23.0. The van der Waals surface area contributed by atoms with E-state index in [1.54, 1.807) is 0 Å². The molecule has 1 aliphatic carbocycles. The molecular weight excluding hydrogens is 343 g/mol. The lowest BCUT2D eigenvalue weighted by Crippen LogP contribution is -2.47. The van der Waals surface area contributed by atoms with Gasteiger partial charge in [-0.2, -0.15) is 0 Å². The number of carbonyl (C=O) groups is 2. The molecule has 0 spiro atoms. The zero-order valence-corrected chi connectivity index (χ0v) is 14.0. The Balaban J connectivity index is 2.28. The van der Waals surface area contributed by atoms with E-state index in [9.17, 15) is 9.59 Å². The van der Waals surface area contributed by atoms with E-state index < -0.39 is 11.9 Å². The topological polar surface area (TPSA) is 72.8 Å². The molecule has 0 bridgehead atoms. The van der Waals surface area contributed by atoms with Gasteiger partial charge >= 0.3 is 6.16 Å². The molecule has 1 fully saturated rings. The number of benzene rings is 1. The molecule has 1 aromatic carbocycles. The second-order valence-corrected chi connectivity index (χ2v) is 6.02. The van der Waals surface area contributed by atoms with Crippen LogP contribution in [0.1, 0.15) is 43.0 Å². The summed E-state index contributed by atoms with van der Waals surface area (Å²) in [5, 5.41) is 8.90. The van der Waals surface area contributed by atoms with E-state index in [0.29, 0.717) is 24.8 Å². The predicted octanol–water partition coefficient (Wildman–Crippen LogP) is 5.10. The molecule has 0 amide bonds. The predicted molar refractivity (Wildman–Crippen MR) is 86.5 cm³/mol. The molecule has 0 atom stereocenters. The van der Waals surface area contributed by atoms with Gasteiger partial charge in [-0.3, -0.25) is 4.79 Å². The van der Waals surface area contributed by atoms with Crippen molar-refractivity contribution < 1.29 is 24.2 Å². The molecule has 5 nitrogen and oxygen atoms in total. The van der Waals surface area contributed by atoms with Gasteiger partial charge in [0.2, 0.25) is 0 Å². The molecule has 2 rings (SSSR count). The Hall–Kier alpha value is -1.72. The largest absolute Gasteiger partial charge is 0.509 e. The lowest BCUT2D eigenvalue weighted by molar-refractivity contribution is -0.198. The van der Waals surface area contributed by atoms with Gasteiger partial charge in [0.25, 0.3) is 5.79 Å². The molecule has 124 valence electrons. The zero-order chi connectivity index (χ0) is 17.2. The Kier molecular flexibility index (Phi) is 5.22. The van der Waals surface area contributed by atoms with Crippen LogP contribution in [0.2, 0.25) is 10.0 Å². The minimum atomic E-state index is -1.42. The Morgan fingerprint density at radius 1 is 1.30 bits per heavy atom. The summed E-state index contributed by atoms with van der Waals surface area (Å²) in [6.45, 7) is 5.51. The molecule has 23 heavy (non-hydrogen) atoms. The van der Waals surface area contributed by atoms with Crippen LogP contribution in [0.3, 0.4) is 0 Å². The molecule has 1 aromatic rings. The summed E-state index contributed by atoms with van der Waals surface area (Å²) in [5.74, 6) is -1.35. The monoisotopic (exact) mass is 358 g/mol. The number of ketones is 1. The van der Waals surface area contributed by atoms with Crippen molar-refractivity contribution >= 4 is 35.1 Å². The summed E-state index contributed by atoms with van der Waals surface area (Å²) in [6.07, 6.45) is 0.728. The number of carboxylic acid groups (broad SMARTS) is 1. The van der Waals surface area contributed by atoms with Gasteiger partial charge < -0.3 is 14.6 Å². The molecule has 1 aliphatic rings. The third kappa shape index (κ3) is 3.62. The van der Waals surface area contributed by atoms with Crippen LogP contribution in [0.25, 0.3) is 0 Å². The van der Waals surface area contributed by atoms with Gasteiger partial charge in [0.05, 0.1) is 5.02 Å². The summed E-state index contributed by atoms with van der Waals surface area (Å²) in [5.41, 5.74) is 0.652. The molecule has 0 radical (unpaired) electrons. The van der Waals surface area contributed by atoms with Gasteiger partial charge in [-0.25, -0.2) is 4.79 Å². The van der Waals surface area contributed by atoms with Crippen molar-refractivity contribution in [3.63, 3.8) is 0 Å². The Morgan fingerprint density at radius 3 is 2.43 bits per heavy atom. The van der Waals surface area contributed by atoms with Gasteiger partial charge in [0, 0.05) is 18.4 Å². The van der Waals surface area contributed by atoms with Crippen LogP contribution < -0.4 is 4.74 Å². The quantitative estimate of drug-likeness (QED) is 0.331. The third-order valence-electron chi connectivity index (χ3n) is 3.72. The smallest absolute Gasteiger partial charge is 0.450 e. The van der Waals surface area contributed by atoms with E-state index in [1.807, 2.05) is 6.92 Å². The van der Waals surface area contributed by atoms with Gasteiger partial charge in [-0.15, -0.1) is 0 Å². The van der Waals surface area contributed by atoms with Crippen molar-refractivity contribution in [3.8, 4) is 5.75 Å². The highest BCUT2D eigenvalue weighted by molar-refractivity contribution is 6.45. The fraction of sp³-hybridized carbons (Fsp3) is 0.375. The first-order valence-electron chi connectivity index (χ1n) is 7.11. The summed E-state index contributed by atoms with van der Waals surface area (Å²) in [7, 11) is 0. The van der Waals surface area contributed by atoms with Crippen LogP contribution in [0.4, 0.5) is 4.79 Å². The molecule has 0 aromatic heterocycles. The van der Waals surface area contributed by atoms with E-state index in [-0.39, 0.29) is 27.1 Å². The fourth-order valence-electron chi connectivity index (χ4n) is 2.19. The molecule has 0 aliphatic heterocycles. The van der Waals surface area contributed by atoms with Crippen molar-refractivity contribution in [1.29, 1.82) is 0 Å². The van der Waals surface area contributed by atoms with Crippen LogP contribution in [-0.4, -0.2) is 22.8 Å². The zero-order valence-electron chi connectivity index (χ0n) is 12.5. The molecule has 0 saturated heterocycles. The molecular formula is C16H16Cl2O5. The Labute approximate surface area is 143 Å². The highest BCUT2D eigenvalue weighted by atomic mass is 35.5. The average molecular weight is 359 g/mol. The molecule has 0 heterocycles. The maximum atomic E-state index is 12.2. The normalized spacial score (nSPS) is 15.4. The van der Waals surface area contributed by atoms with E-state index in [4.69, 9.17) is 37.8 Å². The van der Waals surface area contributed by atoms with E-state index in [2.05, 4.69) is 6.58 Å². The van der Waals surface area contributed by atoms with Crippen molar-refractivity contribution in [2.24, 2.45) is 0 Å². The third-order valence-corrected chi connectivity index (χ3v) is 4.59. The number of allylic oxidation sites excluding steroid dienone is 1. The van der Waals surface area contributed by atoms with Crippen LogP contribution in [0.5, 0.6) is 5.75 Å². The lowest BCUT2D eigenvalue weighted by atomic mass is 9.91. The average Bonchev–Trinajstić information content (AvgIpc) is 2.47. The highest BCUT2D eigenvalue weighted by Crippen LogP contribution is 2.42. The lowest BCUT2D eigenvalue weighted by Gasteiger charge is -2.39. The number of hydrogen-bond donors (Lipinski definition) is 1. The first kappa shape index (κ1) is 17.6. The highest BCUT2D eigenvalue weighted by Gasteiger charge is 2.44. The van der Waals surface area contributed by atoms with E-state index >= 15 is 0 Å². The van der Waals surface area contributed by atoms with Gasteiger partial charge in [0.1, 0.15) is 10.8 Å². The van der Waals surface area contributed by atoms with Crippen molar-refractivity contribution in [3.05, 3.63) is 39.9 Å². The molecule has 7 heteroatoms. The number of carbonyl (C=O) groups excluding carboxylic acids is 1. The second kappa shape index (κ2) is 6.81. The number of rotatable bonds is 6. The molecule has 0 unspecified atom stereocenters. The second-order valence-electron chi connectivity index (χ2n) is 5.26. The van der Waals surface area contributed by atoms with Crippen LogP contribution in [0.15, 0.2) is 24.3 Å². The number of ether oxygens (including phenoxy) is 2. The van der Waals surface area contributed by atoms with Crippen molar-refractivity contribution in [2.75, 3.05) is 0 Å². The van der Waals surface area contributed by atoms with Gasteiger partial charge in [0.15, 0.2) is 5.78 Å². The first-order chi connectivity index (χ1) is 10.8. The summed E-state index contributed by atoms with van der Waals surface area (Å²) < 4.78 is 10.4. The number of hydrogen-bond acceptors (Lipinski definition) is 4. The maximum Gasteiger partial charge on any atom is 0.509 e. The number of halogens is 2. The SMILES string of the molecule is C=C(CC)C(=O)c1ccc(OC2(OC(=O)O)CCC2)c(Cl)c1Cl. The van der Waals surface area contributed by atoms with Crippen molar-refractivity contribution in [1.82, 2.24) is 0 Å². The fourth-order valence-corrected chi connectivity index (χ4v) is 2.63. The summed E-state index contributed by atoms with van der Waals surface area (Å²) in [6, 6.07) is 2.97. The van der Waals surface area contributed by atoms with Crippen LogP contribution in [-0.2, 0) is 4.74 Å². The first-order valence-corrected chi connectivity index (χ1v) is 7.86. The Bertz CT molecular complexity index is 665. The minimum absolute atomic E-state index is 0.0432. The van der Waals surface area contributed by atoms with Crippen molar-refractivity contribution in [2.45, 2.75) is 38.4 Å².